The van der Waals surface area contributed by atoms with E-state index in [1.54, 1.807) is 38.1 Å². The smallest absolute Gasteiger partial charge is 0.337 e. The van der Waals surface area contributed by atoms with Crippen molar-refractivity contribution in [2.75, 3.05) is 13.7 Å². The third-order valence-electron chi connectivity index (χ3n) is 2.95. The molecule has 0 saturated carbocycles. The van der Waals surface area contributed by atoms with Crippen molar-refractivity contribution in [3.05, 3.63) is 35.4 Å². The number of benzene rings is 1. The fourth-order valence-electron chi connectivity index (χ4n) is 1.39. The number of hydrogen-bond acceptors (Lipinski definition) is 4. The first kappa shape index (κ1) is 15.2. The van der Waals surface area contributed by atoms with Crippen LogP contribution in [0, 0.1) is 5.41 Å². The van der Waals surface area contributed by atoms with Crippen LogP contribution in [0.3, 0.4) is 0 Å². The molecule has 0 radical (unpaired) electrons. The quantitative estimate of drug-likeness (QED) is 0.780. The molecule has 19 heavy (non-hydrogen) atoms. The lowest BCUT2D eigenvalue weighted by molar-refractivity contribution is -0.129. The summed E-state index contributed by atoms with van der Waals surface area (Å²) in [4.78, 5) is 23.1. The van der Waals surface area contributed by atoms with Crippen molar-refractivity contribution in [1.82, 2.24) is 5.32 Å². The SMILES string of the molecule is COC(=O)c1ccc(CNC(=O)C(C)(C)CN)cc1. The van der Waals surface area contributed by atoms with Crippen LogP contribution >= 0.6 is 0 Å². The number of esters is 1. The highest BCUT2D eigenvalue weighted by Gasteiger charge is 2.25. The van der Waals surface area contributed by atoms with Gasteiger partial charge in [0, 0.05) is 13.1 Å². The van der Waals surface area contributed by atoms with Crippen LogP contribution in [-0.2, 0) is 16.1 Å². The Morgan fingerprint density at radius 1 is 1.26 bits per heavy atom. The minimum atomic E-state index is -0.577. The molecule has 104 valence electrons. The fraction of sp³-hybridized carbons (Fsp3) is 0.429. The summed E-state index contributed by atoms with van der Waals surface area (Å²) in [5.41, 5.74) is 6.35. The van der Waals surface area contributed by atoms with E-state index in [9.17, 15) is 9.59 Å². The van der Waals surface area contributed by atoms with Gasteiger partial charge in [0.25, 0.3) is 0 Å². The van der Waals surface area contributed by atoms with E-state index in [0.29, 0.717) is 18.7 Å². The van der Waals surface area contributed by atoms with Crippen LogP contribution in [0.4, 0.5) is 0 Å². The maximum absolute atomic E-state index is 11.8. The average Bonchev–Trinajstić information content (AvgIpc) is 2.44. The molecule has 0 heterocycles. The van der Waals surface area contributed by atoms with E-state index in [4.69, 9.17) is 5.73 Å². The molecule has 1 aromatic rings. The topological polar surface area (TPSA) is 81.4 Å². The number of carbonyl (C=O) groups is 2. The van der Waals surface area contributed by atoms with Gasteiger partial charge in [0.15, 0.2) is 0 Å². The Labute approximate surface area is 113 Å². The Hall–Kier alpha value is -1.88. The lowest BCUT2D eigenvalue weighted by Crippen LogP contribution is -2.41. The highest BCUT2D eigenvalue weighted by Crippen LogP contribution is 2.13. The second-order valence-electron chi connectivity index (χ2n) is 4.96. The number of carbonyl (C=O) groups excluding carboxylic acids is 2. The number of nitrogens with one attached hydrogen (secondary N) is 1. The Bertz CT molecular complexity index is 452. The molecule has 0 aromatic heterocycles. The van der Waals surface area contributed by atoms with Gasteiger partial charge in [-0.2, -0.15) is 0 Å². The lowest BCUT2D eigenvalue weighted by Gasteiger charge is -2.21. The molecule has 0 spiro atoms. The second kappa shape index (κ2) is 6.33. The Balaban J connectivity index is 2.60. The molecule has 3 N–H and O–H groups in total. The van der Waals surface area contributed by atoms with E-state index >= 15 is 0 Å². The highest BCUT2D eigenvalue weighted by molar-refractivity contribution is 5.89. The molecular formula is C14H20N2O3. The summed E-state index contributed by atoms with van der Waals surface area (Å²) in [5, 5.41) is 2.82. The molecule has 0 unspecified atom stereocenters. The normalized spacial score (nSPS) is 10.9. The first-order chi connectivity index (χ1) is 8.90. The van der Waals surface area contributed by atoms with Gasteiger partial charge in [-0.3, -0.25) is 4.79 Å². The number of amides is 1. The number of nitrogens with two attached hydrogens (primary N) is 1. The zero-order valence-electron chi connectivity index (χ0n) is 11.5. The molecule has 0 fully saturated rings. The number of ether oxygens (including phenoxy) is 1. The molecule has 0 aliphatic rings. The van der Waals surface area contributed by atoms with E-state index in [1.807, 2.05) is 0 Å². The molecule has 0 atom stereocenters. The van der Waals surface area contributed by atoms with Crippen LogP contribution in [0.25, 0.3) is 0 Å². The molecule has 0 saturated heterocycles. The van der Waals surface area contributed by atoms with Crippen LogP contribution in [0.5, 0.6) is 0 Å². The van der Waals surface area contributed by atoms with E-state index in [2.05, 4.69) is 10.1 Å². The van der Waals surface area contributed by atoms with Crippen molar-refractivity contribution >= 4 is 11.9 Å². The second-order valence-corrected chi connectivity index (χ2v) is 4.96. The molecule has 1 amide bonds. The molecule has 5 nitrogen and oxygen atoms in total. The third-order valence-corrected chi connectivity index (χ3v) is 2.95. The van der Waals surface area contributed by atoms with Gasteiger partial charge in [-0.25, -0.2) is 4.79 Å². The molecule has 1 aromatic carbocycles. The minimum Gasteiger partial charge on any atom is -0.465 e. The van der Waals surface area contributed by atoms with E-state index in [1.165, 1.54) is 7.11 Å². The van der Waals surface area contributed by atoms with E-state index < -0.39 is 5.41 Å². The van der Waals surface area contributed by atoms with Crippen LogP contribution in [-0.4, -0.2) is 25.5 Å². The summed E-state index contributed by atoms with van der Waals surface area (Å²) in [6.07, 6.45) is 0. The molecule has 0 aliphatic carbocycles. The van der Waals surface area contributed by atoms with Crippen LogP contribution < -0.4 is 11.1 Å². The van der Waals surface area contributed by atoms with Gasteiger partial charge in [0.2, 0.25) is 5.91 Å². The molecule has 1 rings (SSSR count). The maximum atomic E-state index is 11.8. The Kier molecular flexibility index (Phi) is 5.06. The van der Waals surface area contributed by atoms with E-state index in [0.717, 1.165) is 5.56 Å². The third kappa shape index (κ3) is 4.06. The van der Waals surface area contributed by atoms with Gasteiger partial charge in [-0.15, -0.1) is 0 Å². The predicted octanol–water partition coefficient (Wildman–Crippen LogP) is 1.07. The summed E-state index contributed by atoms with van der Waals surface area (Å²) < 4.78 is 4.61. The Morgan fingerprint density at radius 3 is 2.32 bits per heavy atom. The zero-order chi connectivity index (χ0) is 14.5. The average molecular weight is 264 g/mol. The Morgan fingerprint density at radius 2 is 1.84 bits per heavy atom. The summed E-state index contributed by atoms with van der Waals surface area (Å²) in [7, 11) is 1.34. The monoisotopic (exact) mass is 264 g/mol. The van der Waals surface area contributed by atoms with Crippen molar-refractivity contribution in [3.63, 3.8) is 0 Å². The van der Waals surface area contributed by atoms with Gasteiger partial charge in [0.1, 0.15) is 0 Å². The van der Waals surface area contributed by atoms with Crippen molar-refractivity contribution < 1.29 is 14.3 Å². The molecule has 5 heteroatoms. The fourth-order valence-corrected chi connectivity index (χ4v) is 1.39. The van der Waals surface area contributed by atoms with Crippen molar-refractivity contribution in [1.29, 1.82) is 0 Å². The predicted molar refractivity (Wildman–Crippen MR) is 72.5 cm³/mol. The number of methoxy groups -OCH3 is 1. The van der Waals surface area contributed by atoms with Gasteiger partial charge >= 0.3 is 5.97 Å². The summed E-state index contributed by atoms with van der Waals surface area (Å²) >= 11 is 0. The van der Waals surface area contributed by atoms with Crippen molar-refractivity contribution in [2.24, 2.45) is 11.1 Å². The lowest BCUT2D eigenvalue weighted by atomic mass is 9.92. The highest BCUT2D eigenvalue weighted by atomic mass is 16.5. The number of hydrogen-bond donors (Lipinski definition) is 2. The molecular weight excluding hydrogens is 244 g/mol. The molecule has 0 bridgehead atoms. The standard InChI is InChI=1S/C14H20N2O3/c1-14(2,9-15)13(18)16-8-10-4-6-11(7-5-10)12(17)19-3/h4-7H,8-9,15H2,1-3H3,(H,16,18). The first-order valence-corrected chi connectivity index (χ1v) is 6.06. The van der Waals surface area contributed by atoms with Gasteiger partial charge in [-0.05, 0) is 31.5 Å². The molecule has 0 aliphatic heterocycles. The van der Waals surface area contributed by atoms with Gasteiger partial charge < -0.3 is 15.8 Å². The first-order valence-electron chi connectivity index (χ1n) is 6.06. The number of rotatable bonds is 5. The largest absolute Gasteiger partial charge is 0.465 e. The van der Waals surface area contributed by atoms with Crippen LogP contribution in [0.1, 0.15) is 29.8 Å². The van der Waals surface area contributed by atoms with E-state index in [-0.39, 0.29) is 11.9 Å². The summed E-state index contributed by atoms with van der Waals surface area (Å²) in [6.45, 7) is 4.29. The minimum absolute atomic E-state index is 0.0907. The van der Waals surface area contributed by atoms with Crippen molar-refractivity contribution in [3.8, 4) is 0 Å². The zero-order valence-corrected chi connectivity index (χ0v) is 11.5. The van der Waals surface area contributed by atoms with Crippen molar-refractivity contribution in [2.45, 2.75) is 20.4 Å². The van der Waals surface area contributed by atoms with Crippen LogP contribution in [0.2, 0.25) is 0 Å². The summed E-state index contributed by atoms with van der Waals surface area (Å²) in [6, 6.07) is 6.90. The summed E-state index contributed by atoms with van der Waals surface area (Å²) in [5.74, 6) is -0.466. The van der Waals surface area contributed by atoms with Crippen LogP contribution in [0.15, 0.2) is 24.3 Å². The van der Waals surface area contributed by atoms with Gasteiger partial charge in [0.05, 0.1) is 18.1 Å². The maximum Gasteiger partial charge on any atom is 0.337 e. The van der Waals surface area contributed by atoms with Gasteiger partial charge in [-0.1, -0.05) is 12.1 Å².